The van der Waals surface area contributed by atoms with Gasteiger partial charge in [-0.1, -0.05) is 5.92 Å². The summed E-state index contributed by atoms with van der Waals surface area (Å²) in [5, 5.41) is 29.0. The lowest BCUT2D eigenvalue weighted by Gasteiger charge is -2.25. The number of hydrogen-bond acceptors (Lipinski definition) is 7. The number of H-pyrrole nitrogens is 1. The van der Waals surface area contributed by atoms with Crippen LogP contribution in [0, 0.1) is 12.3 Å². The lowest BCUT2D eigenvalue weighted by Crippen LogP contribution is -2.48. The number of nitrogens with zero attached hydrogens (tertiary/aromatic N) is 2. The second-order valence-electron chi connectivity index (χ2n) is 4.01. The van der Waals surface area contributed by atoms with Gasteiger partial charge in [0.2, 0.25) is 0 Å². The first kappa shape index (κ1) is 13.4. The van der Waals surface area contributed by atoms with Crippen LogP contribution in [-0.2, 0) is 4.74 Å². The first-order valence-electron chi connectivity index (χ1n) is 5.26. The highest BCUT2D eigenvalue weighted by atomic mass is 16.6. The van der Waals surface area contributed by atoms with Crippen molar-refractivity contribution in [3.05, 3.63) is 27.3 Å². The van der Waals surface area contributed by atoms with E-state index >= 15 is 0 Å². The van der Waals surface area contributed by atoms with Gasteiger partial charge in [-0.05, 0) is 0 Å². The van der Waals surface area contributed by atoms with Crippen molar-refractivity contribution in [1.29, 1.82) is 0 Å². The molecular weight excluding hydrogens is 258 g/mol. The predicted octanol–water partition coefficient (Wildman–Crippen LogP) is -3.45. The van der Waals surface area contributed by atoms with Crippen LogP contribution >= 0.6 is 0 Å². The van der Waals surface area contributed by atoms with Crippen LogP contribution in [0.15, 0.2) is 15.9 Å². The highest BCUT2D eigenvalue weighted by molar-refractivity contribution is 5.19. The van der Waals surface area contributed by atoms with Gasteiger partial charge in [0.15, 0.2) is 11.8 Å². The minimum Gasteiger partial charge on any atom is -0.394 e. The van der Waals surface area contributed by atoms with Gasteiger partial charge >= 0.3 is 11.4 Å². The number of aromatic nitrogens is 3. The van der Waals surface area contributed by atoms with Crippen molar-refractivity contribution in [2.24, 2.45) is 0 Å². The summed E-state index contributed by atoms with van der Waals surface area (Å²) in [4.78, 5) is 27.6. The number of ether oxygens (including phenoxy) is 1. The molecule has 102 valence electrons. The molecule has 0 bridgehead atoms. The van der Waals surface area contributed by atoms with E-state index in [9.17, 15) is 19.8 Å². The van der Waals surface area contributed by atoms with Crippen LogP contribution < -0.4 is 11.4 Å². The van der Waals surface area contributed by atoms with E-state index in [1.165, 1.54) is 0 Å². The Hall–Kier alpha value is -1.99. The molecular formula is C10H11N3O6. The Morgan fingerprint density at radius 1 is 1.63 bits per heavy atom. The summed E-state index contributed by atoms with van der Waals surface area (Å²) in [5.41, 5.74) is -4.01. The van der Waals surface area contributed by atoms with Gasteiger partial charge in [-0.2, -0.15) is 4.98 Å². The van der Waals surface area contributed by atoms with Crippen LogP contribution in [0.25, 0.3) is 0 Å². The molecule has 19 heavy (non-hydrogen) atoms. The highest BCUT2D eigenvalue weighted by Gasteiger charge is 2.55. The molecule has 0 aliphatic carbocycles. The number of rotatable bonds is 2. The Bertz CT molecular complexity index is 631. The second-order valence-corrected chi connectivity index (χ2v) is 4.01. The van der Waals surface area contributed by atoms with Crippen molar-refractivity contribution < 1.29 is 20.1 Å². The number of terminal acetylenes is 1. The zero-order valence-electron chi connectivity index (χ0n) is 9.55. The molecule has 1 saturated heterocycles. The molecule has 1 unspecified atom stereocenters. The Balaban J connectivity index is 2.52. The predicted molar refractivity (Wildman–Crippen MR) is 59.9 cm³/mol. The fraction of sp³-hybridized carbons (Fsp3) is 0.500. The third-order valence-corrected chi connectivity index (χ3v) is 2.89. The van der Waals surface area contributed by atoms with Crippen LogP contribution in [0.5, 0.6) is 0 Å². The van der Waals surface area contributed by atoms with E-state index in [-0.39, 0.29) is 0 Å². The minimum atomic E-state index is -2.23. The van der Waals surface area contributed by atoms with E-state index in [4.69, 9.17) is 16.3 Å². The van der Waals surface area contributed by atoms with Crippen LogP contribution in [0.3, 0.4) is 0 Å². The molecule has 4 atom stereocenters. The largest absolute Gasteiger partial charge is 0.394 e. The minimum absolute atomic E-state index is 0.604. The molecule has 2 heterocycles. The summed E-state index contributed by atoms with van der Waals surface area (Å²) in [5.74, 6) is 1.93. The number of nitrogens with one attached hydrogen (secondary N) is 1. The van der Waals surface area contributed by atoms with Gasteiger partial charge < -0.3 is 20.1 Å². The second kappa shape index (κ2) is 4.60. The molecule has 1 aliphatic rings. The topological polar surface area (TPSA) is 138 Å². The monoisotopic (exact) mass is 269 g/mol. The van der Waals surface area contributed by atoms with Crippen LogP contribution in [-0.4, -0.2) is 54.3 Å². The maximum absolute atomic E-state index is 11.6. The van der Waals surface area contributed by atoms with Gasteiger partial charge in [0.25, 0.3) is 0 Å². The summed E-state index contributed by atoms with van der Waals surface area (Å²) in [6, 6.07) is 0. The van der Waals surface area contributed by atoms with Crippen molar-refractivity contribution in [1.82, 2.24) is 14.5 Å². The zero-order chi connectivity index (χ0) is 14.2. The van der Waals surface area contributed by atoms with E-state index < -0.39 is 42.0 Å². The number of aliphatic hydroxyl groups is 3. The lowest BCUT2D eigenvalue weighted by atomic mass is 9.95. The SMILES string of the molecule is C#CC1(O)[C@@H](O)[C@@H](CO)O[C@H]1n1cnc(=O)[nH]c1=O. The average Bonchev–Trinajstić information content (AvgIpc) is 2.63. The van der Waals surface area contributed by atoms with Crippen LogP contribution in [0.4, 0.5) is 0 Å². The van der Waals surface area contributed by atoms with Crippen molar-refractivity contribution in [3.8, 4) is 12.3 Å². The number of aliphatic hydroxyl groups excluding tert-OH is 2. The zero-order valence-corrected chi connectivity index (χ0v) is 9.55. The quantitative estimate of drug-likeness (QED) is 0.409. The molecule has 4 N–H and O–H groups in total. The van der Waals surface area contributed by atoms with Gasteiger partial charge in [0.05, 0.1) is 6.61 Å². The molecule has 0 radical (unpaired) electrons. The number of aromatic amines is 1. The summed E-state index contributed by atoms with van der Waals surface area (Å²) in [7, 11) is 0. The van der Waals surface area contributed by atoms with E-state index in [0.29, 0.717) is 0 Å². The maximum atomic E-state index is 11.6. The Morgan fingerprint density at radius 2 is 2.32 bits per heavy atom. The van der Waals surface area contributed by atoms with E-state index in [2.05, 4.69) is 4.98 Å². The number of hydrogen-bond donors (Lipinski definition) is 4. The Labute approximate surface area is 106 Å². The summed E-state index contributed by atoms with van der Waals surface area (Å²) in [6.07, 6.45) is 1.76. The first-order chi connectivity index (χ1) is 8.93. The molecule has 9 heteroatoms. The van der Waals surface area contributed by atoms with Gasteiger partial charge in [-0.25, -0.2) is 9.59 Å². The molecule has 1 aromatic rings. The molecule has 0 amide bonds. The standard InChI is InChI=1S/C10H11N3O6/c1-2-10(18)6(15)5(3-14)19-7(10)13-4-11-8(16)12-9(13)17/h1,4-7,14-15,18H,3H2,(H,12,16,17)/t5-,6+,7-,10?/m1/s1. The molecule has 2 rings (SSSR count). The lowest BCUT2D eigenvalue weighted by molar-refractivity contribution is -0.0770. The molecule has 1 aliphatic heterocycles. The summed E-state index contributed by atoms with van der Waals surface area (Å²) < 4.78 is 5.88. The van der Waals surface area contributed by atoms with Crippen molar-refractivity contribution in [2.75, 3.05) is 6.61 Å². The fourth-order valence-electron chi connectivity index (χ4n) is 1.87. The Kier molecular flexibility index (Phi) is 3.25. The van der Waals surface area contributed by atoms with Gasteiger partial charge in [-0.15, -0.1) is 6.42 Å². The summed E-state index contributed by atoms with van der Waals surface area (Å²) in [6.45, 7) is -0.604. The molecule has 1 fully saturated rings. The smallest absolute Gasteiger partial charge is 0.350 e. The molecule has 0 saturated carbocycles. The van der Waals surface area contributed by atoms with Gasteiger partial charge in [-0.3, -0.25) is 9.55 Å². The van der Waals surface area contributed by atoms with Crippen LogP contribution in [0.1, 0.15) is 6.23 Å². The Morgan fingerprint density at radius 3 is 2.84 bits per heavy atom. The highest BCUT2D eigenvalue weighted by Crippen LogP contribution is 2.36. The van der Waals surface area contributed by atoms with E-state index in [1.807, 2.05) is 10.9 Å². The van der Waals surface area contributed by atoms with Crippen LogP contribution in [0.2, 0.25) is 0 Å². The molecule has 1 aromatic heterocycles. The molecule has 9 nitrogen and oxygen atoms in total. The third kappa shape index (κ3) is 1.96. The third-order valence-electron chi connectivity index (χ3n) is 2.89. The van der Waals surface area contributed by atoms with Crippen molar-refractivity contribution >= 4 is 0 Å². The van der Waals surface area contributed by atoms with E-state index in [1.54, 1.807) is 0 Å². The van der Waals surface area contributed by atoms with E-state index in [0.717, 1.165) is 10.9 Å². The van der Waals surface area contributed by atoms with Crippen molar-refractivity contribution in [2.45, 2.75) is 24.0 Å². The fourth-order valence-corrected chi connectivity index (χ4v) is 1.87. The van der Waals surface area contributed by atoms with Gasteiger partial charge in [0.1, 0.15) is 18.5 Å². The normalized spacial score (nSPS) is 34.1. The average molecular weight is 269 g/mol. The van der Waals surface area contributed by atoms with Crippen molar-refractivity contribution in [3.63, 3.8) is 0 Å². The molecule has 0 spiro atoms. The maximum Gasteiger partial charge on any atom is 0.350 e. The first-order valence-corrected chi connectivity index (χ1v) is 5.26. The molecule has 0 aromatic carbocycles. The summed E-state index contributed by atoms with van der Waals surface area (Å²) >= 11 is 0. The van der Waals surface area contributed by atoms with Gasteiger partial charge in [0, 0.05) is 0 Å².